The highest BCUT2D eigenvalue weighted by Crippen LogP contribution is 2.51. The van der Waals surface area contributed by atoms with Crippen LogP contribution in [0, 0.1) is 5.92 Å². The Bertz CT molecular complexity index is 244. The largest absolute Gasteiger partial charge is 0.389 e. The van der Waals surface area contributed by atoms with Crippen LogP contribution in [0.4, 0.5) is 0 Å². The third kappa shape index (κ3) is 2.84. The fourth-order valence-corrected chi connectivity index (χ4v) is 2.86. The molecule has 2 atom stereocenters. The molecule has 2 rings (SSSR count). The highest BCUT2D eigenvalue weighted by atomic mass is 16.3. The minimum Gasteiger partial charge on any atom is -0.389 e. The molecule has 0 unspecified atom stereocenters. The van der Waals surface area contributed by atoms with Crippen molar-refractivity contribution in [2.45, 2.75) is 70.3 Å². The van der Waals surface area contributed by atoms with Crippen LogP contribution >= 0.6 is 0 Å². The second kappa shape index (κ2) is 4.69. The molecular formula is C14H24O. The minimum atomic E-state index is -0.293. The summed E-state index contributed by atoms with van der Waals surface area (Å²) in [4.78, 5) is 0. The molecule has 2 aliphatic rings. The zero-order valence-electron chi connectivity index (χ0n) is 9.97. The standard InChI is InChI=1S/C14H24O/c1-2-3-9-13-11-14(13,15)10-12-7-5-4-6-8-12/h7,13,15H,2-6,8-11H2,1H3/t13-,14-/m1/s1. The van der Waals surface area contributed by atoms with Gasteiger partial charge in [-0.3, -0.25) is 0 Å². The van der Waals surface area contributed by atoms with E-state index in [9.17, 15) is 5.11 Å². The lowest BCUT2D eigenvalue weighted by atomic mass is 9.93. The molecule has 1 N–H and O–H groups in total. The number of rotatable bonds is 5. The van der Waals surface area contributed by atoms with Crippen LogP contribution in [0.3, 0.4) is 0 Å². The zero-order valence-corrected chi connectivity index (χ0v) is 9.97. The van der Waals surface area contributed by atoms with Crippen LogP contribution in [0.15, 0.2) is 11.6 Å². The Kier molecular flexibility index (Phi) is 3.50. The van der Waals surface area contributed by atoms with Gasteiger partial charge in [-0.1, -0.05) is 31.4 Å². The molecule has 0 spiro atoms. The van der Waals surface area contributed by atoms with Crippen LogP contribution in [0.1, 0.15) is 64.7 Å². The van der Waals surface area contributed by atoms with Gasteiger partial charge < -0.3 is 5.11 Å². The van der Waals surface area contributed by atoms with Crippen molar-refractivity contribution in [2.24, 2.45) is 5.92 Å². The van der Waals surface area contributed by atoms with Gasteiger partial charge in [0.2, 0.25) is 0 Å². The summed E-state index contributed by atoms with van der Waals surface area (Å²) in [5.74, 6) is 0.611. The molecule has 86 valence electrons. The van der Waals surface area contributed by atoms with Crippen LogP contribution in [-0.2, 0) is 0 Å². The monoisotopic (exact) mass is 208 g/mol. The van der Waals surface area contributed by atoms with E-state index in [0.29, 0.717) is 5.92 Å². The van der Waals surface area contributed by atoms with E-state index in [-0.39, 0.29) is 5.60 Å². The Hall–Kier alpha value is -0.300. The van der Waals surface area contributed by atoms with Crippen molar-refractivity contribution in [1.82, 2.24) is 0 Å². The van der Waals surface area contributed by atoms with Crippen molar-refractivity contribution in [1.29, 1.82) is 0 Å². The third-order valence-electron chi connectivity index (χ3n) is 4.02. The predicted molar refractivity (Wildman–Crippen MR) is 63.7 cm³/mol. The highest BCUT2D eigenvalue weighted by molar-refractivity contribution is 5.16. The topological polar surface area (TPSA) is 20.2 Å². The summed E-state index contributed by atoms with van der Waals surface area (Å²) in [5, 5.41) is 10.3. The Morgan fingerprint density at radius 1 is 1.47 bits per heavy atom. The lowest BCUT2D eigenvalue weighted by Gasteiger charge is -2.17. The fraction of sp³-hybridized carbons (Fsp3) is 0.857. The van der Waals surface area contributed by atoms with Gasteiger partial charge in [-0.25, -0.2) is 0 Å². The van der Waals surface area contributed by atoms with E-state index in [4.69, 9.17) is 0 Å². The van der Waals surface area contributed by atoms with Crippen LogP contribution < -0.4 is 0 Å². The molecule has 15 heavy (non-hydrogen) atoms. The van der Waals surface area contributed by atoms with E-state index in [1.165, 1.54) is 50.5 Å². The first-order valence-corrected chi connectivity index (χ1v) is 6.65. The van der Waals surface area contributed by atoms with Crippen molar-refractivity contribution in [2.75, 3.05) is 0 Å². The Balaban J connectivity index is 1.77. The van der Waals surface area contributed by atoms with Crippen molar-refractivity contribution < 1.29 is 5.11 Å². The molecule has 0 aromatic carbocycles. The SMILES string of the molecule is CCCC[C@@H]1C[C@]1(O)CC1=CCCCC1. The first kappa shape index (κ1) is 11.2. The molecule has 0 aliphatic heterocycles. The number of hydrogen-bond donors (Lipinski definition) is 1. The molecule has 0 amide bonds. The molecule has 1 heteroatoms. The summed E-state index contributed by atoms with van der Waals surface area (Å²) in [7, 11) is 0. The maximum absolute atomic E-state index is 10.3. The van der Waals surface area contributed by atoms with Gasteiger partial charge in [0, 0.05) is 0 Å². The maximum atomic E-state index is 10.3. The van der Waals surface area contributed by atoms with E-state index in [0.717, 1.165) is 12.8 Å². The number of unbranched alkanes of at least 4 members (excludes halogenated alkanes) is 1. The van der Waals surface area contributed by atoms with Crippen molar-refractivity contribution in [3.63, 3.8) is 0 Å². The molecule has 0 aromatic rings. The van der Waals surface area contributed by atoms with E-state index in [1.54, 1.807) is 0 Å². The second-order valence-corrected chi connectivity index (χ2v) is 5.43. The van der Waals surface area contributed by atoms with Crippen LogP contribution in [-0.4, -0.2) is 10.7 Å². The molecular weight excluding hydrogens is 184 g/mol. The first-order chi connectivity index (χ1) is 7.24. The second-order valence-electron chi connectivity index (χ2n) is 5.43. The van der Waals surface area contributed by atoms with Crippen LogP contribution in [0.25, 0.3) is 0 Å². The van der Waals surface area contributed by atoms with E-state index in [1.807, 2.05) is 0 Å². The summed E-state index contributed by atoms with van der Waals surface area (Å²) >= 11 is 0. The Labute approximate surface area is 93.6 Å². The minimum absolute atomic E-state index is 0.293. The zero-order chi connectivity index (χ0) is 10.7. The molecule has 1 fully saturated rings. The summed E-state index contributed by atoms with van der Waals surface area (Å²) in [5.41, 5.74) is 1.24. The quantitative estimate of drug-likeness (QED) is 0.681. The summed E-state index contributed by atoms with van der Waals surface area (Å²) in [6.07, 6.45) is 13.3. The molecule has 1 nitrogen and oxygen atoms in total. The van der Waals surface area contributed by atoms with Crippen molar-refractivity contribution in [3.8, 4) is 0 Å². The highest BCUT2D eigenvalue weighted by Gasteiger charge is 2.51. The average Bonchev–Trinajstić information content (AvgIpc) is 2.87. The Morgan fingerprint density at radius 2 is 2.33 bits per heavy atom. The predicted octanol–water partition coefficient (Wildman–Crippen LogP) is 3.82. The Morgan fingerprint density at radius 3 is 3.00 bits per heavy atom. The molecule has 0 aromatic heterocycles. The lowest BCUT2D eigenvalue weighted by Crippen LogP contribution is -2.13. The van der Waals surface area contributed by atoms with Gasteiger partial charge in [0.1, 0.15) is 0 Å². The van der Waals surface area contributed by atoms with E-state index in [2.05, 4.69) is 13.0 Å². The van der Waals surface area contributed by atoms with Crippen molar-refractivity contribution in [3.05, 3.63) is 11.6 Å². The third-order valence-corrected chi connectivity index (χ3v) is 4.02. The molecule has 0 heterocycles. The fourth-order valence-electron chi connectivity index (χ4n) is 2.86. The van der Waals surface area contributed by atoms with E-state index >= 15 is 0 Å². The van der Waals surface area contributed by atoms with Crippen LogP contribution in [0.2, 0.25) is 0 Å². The molecule has 0 bridgehead atoms. The van der Waals surface area contributed by atoms with Gasteiger partial charge >= 0.3 is 0 Å². The van der Waals surface area contributed by atoms with Crippen LogP contribution in [0.5, 0.6) is 0 Å². The van der Waals surface area contributed by atoms with Gasteiger partial charge in [0.25, 0.3) is 0 Å². The average molecular weight is 208 g/mol. The molecule has 2 aliphatic carbocycles. The lowest BCUT2D eigenvalue weighted by molar-refractivity contribution is 0.127. The van der Waals surface area contributed by atoms with Gasteiger partial charge in [0.05, 0.1) is 5.60 Å². The number of allylic oxidation sites excluding steroid dienone is 1. The summed E-state index contributed by atoms with van der Waals surface area (Å²) < 4.78 is 0. The van der Waals surface area contributed by atoms with Crippen molar-refractivity contribution >= 4 is 0 Å². The van der Waals surface area contributed by atoms with E-state index < -0.39 is 0 Å². The van der Waals surface area contributed by atoms with Gasteiger partial charge in [-0.2, -0.15) is 0 Å². The smallest absolute Gasteiger partial charge is 0.0717 e. The maximum Gasteiger partial charge on any atom is 0.0717 e. The molecule has 1 saturated carbocycles. The molecule has 0 saturated heterocycles. The molecule has 0 radical (unpaired) electrons. The van der Waals surface area contributed by atoms with Gasteiger partial charge in [0.15, 0.2) is 0 Å². The normalized spacial score (nSPS) is 35.1. The number of aliphatic hydroxyl groups is 1. The first-order valence-electron chi connectivity index (χ1n) is 6.65. The summed E-state index contributed by atoms with van der Waals surface area (Å²) in [6.45, 7) is 2.23. The number of hydrogen-bond acceptors (Lipinski definition) is 1. The van der Waals surface area contributed by atoms with Gasteiger partial charge in [-0.05, 0) is 50.9 Å². The summed E-state index contributed by atoms with van der Waals surface area (Å²) in [6, 6.07) is 0. The van der Waals surface area contributed by atoms with Gasteiger partial charge in [-0.15, -0.1) is 0 Å².